The molecular weight excluding hydrogens is 412 g/mol. The first-order valence-electron chi connectivity index (χ1n) is 9.83. The smallest absolute Gasteiger partial charge is 0.409 e. The molecule has 1 saturated heterocycles. The predicted octanol–water partition coefficient (Wildman–Crippen LogP) is 2.50. The molecule has 162 valence electrons. The number of carbonyl (C=O) groups is 1. The number of hydrogen-bond acceptors (Lipinski definition) is 5. The zero-order chi connectivity index (χ0) is 21.6. The van der Waals surface area contributed by atoms with E-state index < -0.39 is 10.0 Å². The number of nitrogens with one attached hydrogen (secondary N) is 1. The average Bonchev–Trinajstić information content (AvgIpc) is 2.70. The Morgan fingerprint density at radius 2 is 1.72 bits per heavy atom. The van der Waals surface area contributed by atoms with Gasteiger partial charge in [0.2, 0.25) is 10.0 Å². The van der Waals surface area contributed by atoms with Gasteiger partial charge in [-0.2, -0.15) is 4.31 Å². The van der Waals surface area contributed by atoms with Crippen molar-refractivity contribution in [1.82, 2.24) is 14.1 Å². The van der Waals surface area contributed by atoms with Crippen molar-refractivity contribution in [3.05, 3.63) is 23.8 Å². The van der Waals surface area contributed by atoms with Crippen molar-refractivity contribution in [2.45, 2.75) is 32.6 Å². The number of thiocarbonyl (C=S) groups is 1. The Bertz CT molecular complexity index is 833. The summed E-state index contributed by atoms with van der Waals surface area (Å²) in [5, 5.41) is 3.68. The molecule has 10 heteroatoms. The summed E-state index contributed by atoms with van der Waals surface area (Å²) in [6, 6.07) is 5.03. The topological polar surface area (TPSA) is 82.2 Å². The standard InChI is InChI=1S/C19H30N4O4S2/c1-5-23(6-2)29(25,26)16-9-8-15(4)17(14-16)20-18(28)21-10-12-22(13-11-21)19(24)27-7-3/h8-9,14H,5-7,10-13H2,1-4H3,(H,20,28). The molecule has 1 N–H and O–H groups in total. The summed E-state index contributed by atoms with van der Waals surface area (Å²) >= 11 is 5.53. The lowest BCUT2D eigenvalue weighted by molar-refractivity contribution is 0.0923. The minimum Gasteiger partial charge on any atom is -0.450 e. The Hall–Kier alpha value is -1.91. The molecule has 2 rings (SSSR count). The highest BCUT2D eigenvalue weighted by molar-refractivity contribution is 7.89. The van der Waals surface area contributed by atoms with Crippen LogP contribution in [-0.2, 0) is 14.8 Å². The van der Waals surface area contributed by atoms with Gasteiger partial charge < -0.3 is 19.9 Å². The minimum atomic E-state index is -3.55. The van der Waals surface area contributed by atoms with E-state index in [9.17, 15) is 13.2 Å². The molecule has 1 fully saturated rings. The van der Waals surface area contributed by atoms with Crippen LogP contribution < -0.4 is 5.32 Å². The number of anilines is 1. The molecule has 1 aliphatic rings. The minimum absolute atomic E-state index is 0.240. The van der Waals surface area contributed by atoms with Gasteiger partial charge in [0.05, 0.1) is 11.5 Å². The van der Waals surface area contributed by atoms with Gasteiger partial charge in [0, 0.05) is 45.0 Å². The molecule has 0 radical (unpaired) electrons. The van der Waals surface area contributed by atoms with E-state index in [-0.39, 0.29) is 11.0 Å². The Morgan fingerprint density at radius 1 is 1.14 bits per heavy atom. The lowest BCUT2D eigenvalue weighted by Gasteiger charge is -2.35. The van der Waals surface area contributed by atoms with Gasteiger partial charge in [0.25, 0.3) is 0 Å². The van der Waals surface area contributed by atoms with Crippen LogP contribution in [0.15, 0.2) is 23.1 Å². The van der Waals surface area contributed by atoms with Crippen LogP contribution in [0.2, 0.25) is 0 Å². The lowest BCUT2D eigenvalue weighted by atomic mass is 10.2. The van der Waals surface area contributed by atoms with Gasteiger partial charge >= 0.3 is 6.09 Å². The monoisotopic (exact) mass is 442 g/mol. The maximum Gasteiger partial charge on any atom is 0.409 e. The Balaban J connectivity index is 2.09. The van der Waals surface area contributed by atoms with E-state index in [2.05, 4.69) is 5.32 Å². The zero-order valence-corrected chi connectivity index (χ0v) is 19.1. The summed E-state index contributed by atoms with van der Waals surface area (Å²) in [7, 11) is -3.55. The van der Waals surface area contributed by atoms with E-state index in [0.29, 0.717) is 56.7 Å². The van der Waals surface area contributed by atoms with Crippen LogP contribution in [0.25, 0.3) is 0 Å². The molecule has 1 aromatic carbocycles. The average molecular weight is 443 g/mol. The fourth-order valence-corrected chi connectivity index (χ4v) is 4.89. The number of benzene rings is 1. The Labute approximate surface area is 178 Å². The lowest BCUT2D eigenvalue weighted by Crippen LogP contribution is -2.51. The van der Waals surface area contributed by atoms with Crippen molar-refractivity contribution < 1.29 is 17.9 Å². The highest BCUT2D eigenvalue weighted by Gasteiger charge is 2.25. The van der Waals surface area contributed by atoms with Gasteiger partial charge in [-0.1, -0.05) is 19.9 Å². The number of aryl methyl sites for hydroxylation is 1. The molecule has 29 heavy (non-hydrogen) atoms. The van der Waals surface area contributed by atoms with E-state index in [1.165, 1.54) is 4.31 Å². The maximum absolute atomic E-state index is 12.8. The zero-order valence-electron chi connectivity index (χ0n) is 17.5. The molecule has 8 nitrogen and oxygen atoms in total. The fraction of sp³-hybridized carbons (Fsp3) is 0.579. The first kappa shape index (κ1) is 23.4. The van der Waals surface area contributed by atoms with Gasteiger partial charge in [-0.3, -0.25) is 0 Å². The van der Waals surface area contributed by atoms with Crippen LogP contribution >= 0.6 is 12.2 Å². The highest BCUT2D eigenvalue weighted by Crippen LogP contribution is 2.23. The number of nitrogens with zero attached hydrogens (tertiary/aromatic N) is 3. The summed E-state index contributed by atoms with van der Waals surface area (Å²) in [5.41, 5.74) is 1.56. The SMILES string of the molecule is CCOC(=O)N1CCN(C(=S)Nc2cc(S(=O)(=O)N(CC)CC)ccc2C)CC1. The predicted molar refractivity (Wildman–Crippen MR) is 118 cm³/mol. The summed E-state index contributed by atoms with van der Waals surface area (Å²) in [6.07, 6.45) is -0.309. The van der Waals surface area contributed by atoms with Gasteiger partial charge in [-0.05, 0) is 43.8 Å². The van der Waals surface area contributed by atoms with Crippen LogP contribution in [0.5, 0.6) is 0 Å². The third-order valence-corrected chi connectivity index (χ3v) is 7.29. The number of piperazine rings is 1. The van der Waals surface area contributed by atoms with Crippen LogP contribution in [-0.4, -0.2) is 79.6 Å². The van der Waals surface area contributed by atoms with Crippen molar-refractivity contribution >= 4 is 39.1 Å². The van der Waals surface area contributed by atoms with E-state index in [0.717, 1.165) is 5.56 Å². The second-order valence-electron chi connectivity index (χ2n) is 6.67. The molecule has 1 amide bonds. The summed E-state index contributed by atoms with van der Waals surface area (Å²) in [4.78, 5) is 15.7. The van der Waals surface area contributed by atoms with Gasteiger partial charge in [0.15, 0.2) is 5.11 Å². The summed E-state index contributed by atoms with van der Waals surface area (Å²) in [6.45, 7) is 10.7. The summed E-state index contributed by atoms with van der Waals surface area (Å²) in [5.74, 6) is 0. The molecule has 1 aliphatic heterocycles. The van der Waals surface area contributed by atoms with Crippen molar-refractivity contribution in [2.24, 2.45) is 0 Å². The molecule has 0 saturated carbocycles. The number of sulfonamides is 1. The van der Waals surface area contributed by atoms with Gasteiger partial charge in [-0.25, -0.2) is 13.2 Å². The number of rotatable bonds is 6. The highest BCUT2D eigenvalue weighted by atomic mass is 32.2. The van der Waals surface area contributed by atoms with Crippen LogP contribution in [0, 0.1) is 6.92 Å². The third-order valence-electron chi connectivity index (χ3n) is 4.89. The molecule has 0 bridgehead atoms. The van der Waals surface area contributed by atoms with E-state index in [4.69, 9.17) is 17.0 Å². The largest absolute Gasteiger partial charge is 0.450 e. The first-order valence-corrected chi connectivity index (χ1v) is 11.7. The molecule has 0 unspecified atom stereocenters. The van der Waals surface area contributed by atoms with Crippen LogP contribution in [0.4, 0.5) is 10.5 Å². The molecule has 0 atom stereocenters. The van der Waals surface area contributed by atoms with Crippen LogP contribution in [0.3, 0.4) is 0 Å². The van der Waals surface area contributed by atoms with E-state index >= 15 is 0 Å². The molecule has 0 aliphatic carbocycles. The van der Waals surface area contributed by atoms with E-state index in [1.54, 1.807) is 30.0 Å². The number of hydrogen-bond donors (Lipinski definition) is 1. The number of ether oxygens (including phenoxy) is 1. The molecule has 0 spiro atoms. The Morgan fingerprint density at radius 3 is 2.28 bits per heavy atom. The van der Waals surface area contributed by atoms with E-state index in [1.807, 2.05) is 25.7 Å². The Kier molecular flexibility index (Phi) is 8.23. The second-order valence-corrected chi connectivity index (χ2v) is 8.99. The number of carbonyl (C=O) groups excluding carboxylic acids is 1. The van der Waals surface area contributed by atoms with Crippen molar-refractivity contribution in [1.29, 1.82) is 0 Å². The molecular formula is C19H30N4O4S2. The van der Waals surface area contributed by atoms with Crippen molar-refractivity contribution in [3.63, 3.8) is 0 Å². The molecule has 1 aromatic rings. The quantitative estimate of drug-likeness (QED) is 0.678. The van der Waals surface area contributed by atoms with Gasteiger partial charge in [-0.15, -0.1) is 0 Å². The first-order chi connectivity index (χ1) is 13.7. The van der Waals surface area contributed by atoms with Crippen LogP contribution in [0.1, 0.15) is 26.3 Å². The maximum atomic E-state index is 12.8. The normalized spacial score (nSPS) is 14.8. The van der Waals surface area contributed by atoms with Gasteiger partial charge in [0.1, 0.15) is 0 Å². The second kappa shape index (κ2) is 10.2. The molecule has 0 aromatic heterocycles. The molecule has 1 heterocycles. The fourth-order valence-electron chi connectivity index (χ4n) is 3.11. The number of amides is 1. The van der Waals surface area contributed by atoms with Crippen molar-refractivity contribution in [3.8, 4) is 0 Å². The van der Waals surface area contributed by atoms with Crippen molar-refractivity contribution in [2.75, 3.05) is 51.2 Å². The summed E-state index contributed by atoms with van der Waals surface area (Å²) < 4.78 is 32.1. The third kappa shape index (κ3) is 5.58.